The highest BCUT2D eigenvalue weighted by Gasteiger charge is 2.27. The van der Waals surface area contributed by atoms with Gasteiger partial charge in [0.05, 0.1) is 17.7 Å². The molecule has 0 spiro atoms. The predicted molar refractivity (Wildman–Crippen MR) is 103 cm³/mol. The van der Waals surface area contributed by atoms with Crippen LogP contribution in [0.4, 0.5) is 14.5 Å². The third-order valence-corrected chi connectivity index (χ3v) is 5.20. The molecule has 2 aromatic carbocycles. The van der Waals surface area contributed by atoms with Crippen molar-refractivity contribution in [2.24, 2.45) is 0 Å². The third kappa shape index (κ3) is 3.01. The Balaban J connectivity index is 2.00. The number of aliphatic hydroxyl groups excluding tert-OH is 1. The summed E-state index contributed by atoms with van der Waals surface area (Å²) in [6.45, 7) is 0.754. The quantitative estimate of drug-likeness (QED) is 0.636. The maximum absolute atomic E-state index is 14.4. The van der Waals surface area contributed by atoms with Crippen molar-refractivity contribution in [3.8, 4) is 11.3 Å². The molecule has 4 rings (SSSR count). The van der Waals surface area contributed by atoms with Crippen LogP contribution in [0.1, 0.15) is 34.7 Å². The SMILES string of the molecule is CNC(=O)c1c(-c2ccc(F)cc2F)oc2cc3c(cc12)C(CO)CCCN3. The van der Waals surface area contributed by atoms with Crippen molar-refractivity contribution in [2.75, 3.05) is 25.5 Å². The largest absolute Gasteiger partial charge is 0.455 e. The number of amides is 1. The van der Waals surface area contributed by atoms with Gasteiger partial charge in [-0.2, -0.15) is 0 Å². The molecule has 28 heavy (non-hydrogen) atoms. The summed E-state index contributed by atoms with van der Waals surface area (Å²) in [5, 5.41) is 16.2. The Kier molecular flexibility index (Phi) is 4.77. The first kappa shape index (κ1) is 18.4. The minimum atomic E-state index is -0.808. The van der Waals surface area contributed by atoms with E-state index in [1.165, 1.54) is 13.1 Å². The lowest BCUT2D eigenvalue weighted by molar-refractivity contribution is 0.0964. The minimum absolute atomic E-state index is 0.00715. The van der Waals surface area contributed by atoms with Gasteiger partial charge >= 0.3 is 0 Å². The van der Waals surface area contributed by atoms with Crippen LogP contribution in [0.2, 0.25) is 0 Å². The topological polar surface area (TPSA) is 74.5 Å². The van der Waals surface area contributed by atoms with E-state index >= 15 is 0 Å². The number of hydrogen-bond acceptors (Lipinski definition) is 4. The lowest BCUT2D eigenvalue weighted by Crippen LogP contribution is -2.18. The Morgan fingerprint density at radius 2 is 2.14 bits per heavy atom. The number of furan rings is 1. The number of halogens is 2. The van der Waals surface area contributed by atoms with Gasteiger partial charge in [0.25, 0.3) is 5.91 Å². The Hall–Kier alpha value is -2.93. The molecule has 1 aromatic heterocycles. The number of carbonyl (C=O) groups is 1. The Labute approximate surface area is 160 Å². The number of benzene rings is 2. The van der Waals surface area contributed by atoms with Crippen molar-refractivity contribution in [3.05, 3.63) is 53.1 Å². The number of rotatable bonds is 3. The van der Waals surface area contributed by atoms with E-state index in [0.717, 1.165) is 42.8 Å². The standard InChI is InChI=1S/C21H20F2N2O3/c1-24-21(27)19-15-8-14-11(10-26)3-2-6-25-17(14)9-18(15)28-20(19)13-5-4-12(22)7-16(13)23/h4-5,7-9,11,25-26H,2-3,6,10H2,1H3,(H,24,27). The van der Waals surface area contributed by atoms with Gasteiger partial charge in [-0.3, -0.25) is 4.79 Å². The first-order valence-corrected chi connectivity index (χ1v) is 9.16. The van der Waals surface area contributed by atoms with Gasteiger partial charge in [-0.25, -0.2) is 8.78 Å². The molecule has 5 nitrogen and oxygen atoms in total. The summed E-state index contributed by atoms with van der Waals surface area (Å²) < 4.78 is 33.6. The lowest BCUT2D eigenvalue weighted by Gasteiger charge is -2.14. The first-order chi connectivity index (χ1) is 13.5. The fraction of sp³-hybridized carbons (Fsp3) is 0.286. The minimum Gasteiger partial charge on any atom is -0.455 e. The molecule has 0 saturated heterocycles. The van der Waals surface area contributed by atoms with Crippen LogP contribution in [0.15, 0.2) is 34.7 Å². The van der Waals surface area contributed by atoms with Crippen molar-refractivity contribution in [2.45, 2.75) is 18.8 Å². The summed E-state index contributed by atoms with van der Waals surface area (Å²) in [7, 11) is 1.48. The number of aliphatic hydroxyl groups is 1. The van der Waals surface area contributed by atoms with Crippen LogP contribution < -0.4 is 10.6 Å². The van der Waals surface area contributed by atoms with Gasteiger partial charge in [-0.15, -0.1) is 0 Å². The maximum atomic E-state index is 14.4. The highest BCUT2D eigenvalue weighted by molar-refractivity contribution is 6.11. The number of fused-ring (bicyclic) bond motifs is 2. The highest BCUT2D eigenvalue weighted by atomic mass is 19.1. The number of hydrogen-bond donors (Lipinski definition) is 3. The average Bonchev–Trinajstić information content (AvgIpc) is 2.92. The summed E-state index contributed by atoms with van der Waals surface area (Å²) >= 11 is 0. The summed E-state index contributed by atoms with van der Waals surface area (Å²) in [6, 6.07) is 6.74. The molecular formula is C21H20F2N2O3. The second-order valence-corrected chi connectivity index (χ2v) is 6.89. The summed E-state index contributed by atoms with van der Waals surface area (Å²) in [6.07, 6.45) is 1.73. The number of anilines is 1. The van der Waals surface area contributed by atoms with Crippen LogP contribution in [-0.2, 0) is 0 Å². The Morgan fingerprint density at radius 1 is 1.32 bits per heavy atom. The highest BCUT2D eigenvalue weighted by Crippen LogP contribution is 2.40. The number of carbonyl (C=O) groups excluding carboxylic acids is 1. The molecule has 0 fully saturated rings. The molecule has 7 heteroatoms. The first-order valence-electron chi connectivity index (χ1n) is 9.16. The van der Waals surface area contributed by atoms with E-state index < -0.39 is 17.5 Å². The van der Waals surface area contributed by atoms with Gasteiger partial charge in [0, 0.05) is 42.7 Å². The van der Waals surface area contributed by atoms with E-state index in [9.17, 15) is 18.7 Å². The molecule has 1 amide bonds. The van der Waals surface area contributed by atoms with Crippen molar-refractivity contribution in [1.29, 1.82) is 0 Å². The molecule has 1 atom stereocenters. The van der Waals surface area contributed by atoms with Crippen LogP contribution >= 0.6 is 0 Å². The van der Waals surface area contributed by atoms with E-state index in [-0.39, 0.29) is 29.4 Å². The van der Waals surface area contributed by atoms with Crippen molar-refractivity contribution in [3.63, 3.8) is 0 Å². The second-order valence-electron chi connectivity index (χ2n) is 6.89. The molecule has 0 radical (unpaired) electrons. The zero-order valence-electron chi connectivity index (χ0n) is 15.3. The van der Waals surface area contributed by atoms with Crippen molar-refractivity contribution < 1.29 is 23.1 Å². The molecule has 1 aliphatic heterocycles. The normalized spacial score (nSPS) is 16.4. The predicted octanol–water partition coefficient (Wildman–Crippen LogP) is 4.02. The van der Waals surface area contributed by atoms with E-state index in [1.807, 2.05) is 6.07 Å². The molecule has 0 saturated carbocycles. The summed E-state index contributed by atoms with van der Waals surface area (Å²) in [4.78, 5) is 12.6. The van der Waals surface area contributed by atoms with Gasteiger partial charge < -0.3 is 20.2 Å². The van der Waals surface area contributed by atoms with E-state index in [0.29, 0.717) is 11.0 Å². The molecule has 2 heterocycles. The third-order valence-electron chi connectivity index (χ3n) is 5.20. The van der Waals surface area contributed by atoms with Crippen LogP contribution in [0.3, 0.4) is 0 Å². The zero-order valence-corrected chi connectivity index (χ0v) is 15.3. The second kappa shape index (κ2) is 7.24. The van der Waals surface area contributed by atoms with Gasteiger partial charge in [0.15, 0.2) is 5.76 Å². The zero-order chi connectivity index (χ0) is 19.8. The molecule has 1 aliphatic rings. The fourth-order valence-electron chi connectivity index (χ4n) is 3.78. The summed E-state index contributed by atoms with van der Waals surface area (Å²) in [5.41, 5.74) is 2.34. The van der Waals surface area contributed by atoms with Crippen LogP contribution in [0.25, 0.3) is 22.3 Å². The average molecular weight is 386 g/mol. The monoisotopic (exact) mass is 386 g/mol. The molecule has 3 aromatic rings. The fourth-order valence-corrected chi connectivity index (χ4v) is 3.78. The van der Waals surface area contributed by atoms with Gasteiger partial charge in [0.2, 0.25) is 0 Å². The van der Waals surface area contributed by atoms with Gasteiger partial charge in [0.1, 0.15) is 17.2 Å². The van der Waals surface area contributed by atoms with Gasteiger partial charge in [-0.1, -0.05) is 0 Å². The summed E-state index contributed by atoms with van der Waals surface area (Å²) in [5.74, 6) is -1.96. The molecule has 1 unspecified atom stereocenters. The maximum Gasteiger partial charge on any atom is 0.255 e. The van der Waals surface area contributed by atoms with Gasteiger partial charge in [-0.05, 0) is 36.6 Å². The molecule has 0 aliphatic carbocycles. The Bertz CT molecular complexity index is 1060. The molecule has 3 N–H and O–H groups in total. The van der Waals surface area contributed by atoms with Crippen LogP contribution in [-0.4, -0.2) is 31.2 Å². The lowest BCUT2D eigenvalue weighted by atomic mass is 9.92. The smallest absolute Gasteiger partial charge is 0.255 e. The molecule has 146 valence electrons. The van der Waals surface area contributed by atoms with E-state index in [2.05, 4.69) is 10.6 Å². The van der Waals surface area contributed by atoms with E-state index in [4.69, 9.17) is 4.42 Å². The van der Waals surface area contributed by atoms with Crippen LogP contribution in [0.5, 0.6) is 0 Å². The van der Waals surface area contributed by atoms with Crippen molar-refractivity contribution >= 4 is 22.6 Å². The van der Waals surface area contributed by atoms with E-state index in [1.54, 1.807) is 6.07 Å². The molecular weight excluding hydrogens is 366 g/mol. The van der Waals surface area contributed by atoms with Crippen molar-refractivity contribution in [1.82, 2.24) is 5.32 Å². The number of nitrogens with one attached hydrogen (secondary N) is 2. The van der Waals surface area contributed by atoms with Crippen LogP contribution in [0, 0.1) is 11.6 Å². The Morgan fingerprint density at radius 3 is 2.86 bits per heavy atom. The molecule has 0 bridgehead atoms.